The molecule has 1 aromatic rings. The quantitative estimate of drug-likeness (QED) is 0.878. The lowest BCUT2D eigenvalue weighted by Gasteiger charge is -2.25. The van der Waals surface area contributed by atoms with E-state index < -0.39 is 10.0 Å². The van der Waals surface area contributed by atoms with Crippen LogP contribution in [-0.2, 0) is 16.6 Å². The van der Waals surface area contributed by atoms with Crippen molar-refractivity contribution in [3.8, 4) is 0 Å². The number of nitrogens with zero attached hydrogens (tertiary/aromatic N) is 1. The summed E-state index contributed by atoms with van der Waals surface area (Å²) in [6.45, 7) is 10.2. The van der Waals surface area contributed by atoms with Crippen LogP contribution in [0.15, 0.2) is 16.3 Å². The van der Waals surface area contributed by atoms with Crippen LogP contribution < -0.4 is 5.32 Å². The molecule has 19 heavy (non-hydrogen) atoms. The molecule has 110 valence electrons. The van der Waals surface area contributed by atoms with Crippen molar-refractivity contribution in [3.63, 3.8) is 0 Å². The predicted octanol–water partition coefficient (Wildman–Crippen LogP) is 2.52. The van der Waals surface area contributed by atoms with E-state index in [0.717, 1.165) is 18.0 Å². The van der Waals surface area contributed by atoms with Crippen LogP contribution in [0.5, 0.6) is 0 Å². The van der Waals surface area contributed by atoms with Crippen molar-refractivity contribution in [2.24, 2.45) is 5.41 Å². The van der Waals surface area contributed by atoms with Gasteiger partial charge < -0.3 is 5.32 Å². The van der Waals surface area contributed by atoms with Gasteiger partial charge in [0, 0.05) is 30.4 Å². The van der Waals surface area contributed by atoms with Crippen LogP contribution in [0.1, 0.15) is 32.6 Å². The molecule has 0 spiro atoms. The lowest BCUT2D eigenvalue weighted by Crippen LogP contribution is -2.34. The maximum Gasteiger partial charge on any atom is 0.243 e. The van der Waals surface area contributed by atoms with Gasteiger partial charge in [-0.3, -0.25) is 0 Å². The summed E-state index contributed by atoms with van der Waals surface area (Å²) in [5.41, 5.74) is -0.0512. The Kier molecular flexibility index (Phi) is 5.55. The molecule has 0 saturated heterocycles. The van der Waals surface area contributed by atoms with Crippen molar-refractivity contribution < 1.29 is 8.42 Å². The Morgan fingerprint density at radius 1 is 1.37 bits per heavy atom. The van der Waals surface area contributed by atoms with E-state index in [1.807, 2.05) is 27.7 Å². The second-order valence-corrected chi connectivity index (χ2v) is 8.89. The first-order chi connectivity index (χ1) is 8.66. The molecular weight excluding hydrogens is 280 g/mol. The average molecular weight is 304 g/mol. The normalized spacial score (nSPS) is 13.2. The number of thiophene rings is 1. The number of hydrogen-bond donors (Lipinski definition) is 1. The lowest BCUT2D eigenvalue weighted by molar-refractivity contribution is 0.311. The number of hydrogen-bond acceptors (Lipinski definition) is 4. The summed E-state index contributed by atoms with van der Waals surface area (Å²) < 4.78 is 26.3. The fraction of sp³-hybridized carbons (Fsp3) is 0.692. The van der Waals surface area contributed by atoms with Crippen molar-refractivity contribution in [2.45, 2.75) is 39.1 Å². The van der Waals surface area contributed by atoms with Gasteiger partial charge in [0.25, 0.3) is 0 Å². The molecule has 0 amide bonds. The highest BCUT2D eigenvalue weighted by atomic mass is 32.2. The molecule has 0 aliphatic heterocycles. The molecule has 1 aromatic heterocycles. The molecule has 0 fully saturated rings. The van der Waals surface area contributed by atoms with E-state index in [2.05, 4.69) is 5.32 Å². The van der Waals surface area contributed by atoms with E-state index in [4.69, 9.17) is 0 Å². The topological polar surface area (TPSA) is 49.4 Å². The molecule has 0 radical (unpaired) electrons. The summed E-state index contributed by atoms with van der Waals surface area (Å²) in [6.07, 6.45) is 0. The first-order valence-corrected chi connectivity index (χ1v) is 8.73. The molecule has 0 aromatic carbocycles. The van der Waals surface area contributed by atoms with E-state index in [9.17, 15) is 8.42 Å². The van der Waals surface area contributed by atoms with Crippen LogP contribution in [0, 0.1) is 5.41 Å². The fourth-order valence-corrected chi connectivity index (χ4v) is 4.40. The van der Waals surface area contributed by atoms with Gasteiger partial charge in [-0.25, -0.2) is 12.7 Å². The van der Waals surface area contributed by atoms with Crippen molar-refractivity contribution in [3.05, 3.63) is 16.3 Å². The van der Waals surface area contributed by atoms with Crippen LogP contribution in [0.25, 0.3) is 0 Å². The second-order valence-electron chi connectivity index (χ2n) is 5.85. The Hall–Kier alpha value is -0.430. The van der Waals surface area contributed by atoms with Gasteiger partial charge in [0.15, 0.2) is 0 Å². The molecule has 1 heterocycles. The van der Waals surface area contributed by atoms with Gasteiger partial charge in [0.2, 0.25) is 10.0 Å². The zero-order valence-corrected chi connectivity index (χ0v) is 14.0. The molecule has 0 atom stereocenters. The minimum absolute atomic E-state index is 0.0512. The van der Waals surface area contributed by atoms with Crippen molar-refractivity contribution >= 4 is 21.4 Å². The molecule has 1 N–H and O–H groups in total. The van der Waals surface area contributed by atoms with Gasteiger partial charge in [-0.05, 0) is 18.0 Å². The monoisotopic (exact) mass is 304 g/mol. The zero-order valence-electron chi connectivity index (χ0n) is 12.4. The largest absolute Gasteiger partial charge is 0.312 e. The summed E-state index contributed by atoms with van der Waals surface area (Å²) in [7, 11) is -1.72. The van der Waals surface area contributed by atoms with Gasteiger partial charge in [-0.2, -0.15) is 0 Å². The lowest BCUT2D eigenvalue weighted by atomic mass is 9.97. The third-order valence-electron chi connectivity index (χ3n) is 2.58. The Morgan fingerprint density at radius 3 is 2.53 bits per heavy atom. The molecule has 0 unspecified atom stereocenters. The summed E-state index contributed by atoms with van der Waals surface area (Å²) in [4.78, 5) is 1.45. The maximum atomic E-state index is 12.4. The number of rotatable bonds is 6. The predicted molar refractivity (Wildman–Crippen MR) is 81.0 cm³/mol. The number of nitrogens with one attached hydrogen (secondary N) is 1. The van der Waals surface area contributed by atoms with E-state index in [0.29, 0.717) is 11.4 Å². The van der Waals surface area contributed by atoms with Crippen LogP contribution in [-0.4, -0.2) is 32.9 Å². The highest BCUT2D eigenvalue weighted by Gasteiger charge is 2.26. The molecule has 0 aliphatic rings. The minimum Gasteiger partial charge on any atom is -0.312 e. The van der Waals surface area contributed by atoms with Gasteiger partial charge in [0.1, 0.15) is 0 Å². The smallest absolute Gasteiger partial charge is 0.243 e. The summed E-state index contributed by atoms with van der Waals surface area (Å²) in [5.74, 6) is 0. The Bertz CT molecular complexity index is 501. The van der Waals surface area contributed by atoms with Crippen LogP contribution in [0.4, 0.5) is 0 Å². The first-order valence-electron chi connectivity index (χ1n) is 6.41. The Morgan fingerprint density at radius 2 is 2.00 bits per heavy atom. The summed E-state index contributed by atoms with van der Waals surface area (Å²) in [5, 5.41) is 4.92. The van der Waals surface area contributed by atoms with Gasteiger partial charge in [-0.1, -0.05) is 27.7 Å². The number of sulfonamides is 1. The van der Waals surface area contributed by atoms with E-state index in [1.165, 1.54) is 15.6 Å². The van der Waals surface area contributed by atoms with E-state index in [-0.39, 0.29) is 5.41 Å². The molecule has 0 aliphatic carbocycles. The van der Waals surface area contributed by atoms with E-state index in [1.54, 1.807) is 18.5 Å². The van der Waals surface area contributed by atoms with Gasteiger partial charge in [0.05, 0.1) is 4.90 Å². The van der Waals surface area contributed by atoms with Gasteiger partial charge in [-0.15, -0.1) is 11.3 Å². The molecular formula is C13H24N2O2S2. The van der Waals surface area contributed by atoms with E-state index >= 15 is 0 Å². The van der Waals surface area contributed by atoms with Gasteiger partial charge >= 0.3 is 0 Å². The SMILES string of the molecule is CCNCc1cc(S(=O)(=O)N(C)CC(C)(C)C)cs1. The van der Waals surface area contributed by atoms with Crippen LogP contribution in [0.3, 0.4) is 0 Å². The van der Waals surface area contributed by atoms with Crippen LogP contribution in [0.2, 0.25) is 0 Å². The fourth-order valence-electron chi connectivity index (χ4n) is 1.77. The zero-order chi connectivity index (χ0) is 14.7. The average Bonchev–Trinajstić information content (AvgIpc) is 2.73. The van der Waals surface area contributed by atoms with Crippen molar-refractivity contribution in [1.29, 1.82) is 0 Å². The first kappa shape index (κ1) is 16.6. The third kappa shape index (κ3) is 4.87. The third-order valence-corrected chi connectivity index (χ3v) is 5.45. The highest BCUT2D eigenvalue weighted by molar-refractivity contribution is 7.89. The molecule has 0 bridgehead atoms. The molecule has 6 heteroatoms. The van der Waals surface area contributed by atoms with Crippen molar-refractivity contribution in [2.75, 3.05) is 20.1 Å². The Labute approximate surface area is 120 Å². The molecule has 1 rings (SSSR count). The van der Waals surface area contributed by atoms with Crippen LogP contribution >= 0.6 is 11.3 Å². The summed E-state index contributed by atoms with van der Waals surface area (Å²) in [6, 6.07) is 1.77. The minimum atomic E-state index is -3.36. The maximum absolute atomic E-state index is 12.4. The Balaban J connectivity index is 2.85. The highest BCUT2D eigenvalue weighted by Crippen LogP contribution is 2.24. The molecule has 4 nitrogen and oxygen atoms in total. The van der Waals surface area contributed by atoms with Crippen molar-refractivity contribution in [1.82, 2.24) is 9.62 Å². The summed E-state index contributed by atoms with van der Waals surface area (Å²) >= 11 is 1.48. The second kappa shape index (κ2) is 6.35. The standard InChI is InChI=1S/C13H24N2O2S2/c1-6-14-8-11-7-12(9-18-11)19(16,17)15(5)10-13(2,3)4/h7,9,14H,6,8,10H2,1-5H3. The molecule has 0 saturated carbocycles.